The third-order valence-corrected chi connectivity index (χ3v) is 7.40. The second-order valence-corrected chi connectivity index (χ2v) is 10.0. The van der Waals surface area contributed by atoms with Crippen molar-refractivity contribution in [3.8, 4) is 0 Å². The van der Waals surface area contributed by atoms with E-state index in [9.17, 15) is 4.79 Å². The van der Waals surface area contributed by atoms with Crippen LogP contribution in [0.25, 0.3) is 11.2 Å². The van der Waals surface area contributed by atoms with Crippen LogP contribution >= 0.6 is 23.1 Å². The van der Waals surface area contributed by atoms with Crippen LogP contribution in [0, 0.1) is 6.92 Å². The largest absolute Gasteiger partial charge is 0.347 e. The molecule has 0 saturated heterocycles. The number of thiophene rings is 1. The summed E-state index contributed by atoms with van der Waals surface area (Å²) in [5, 5.41) is 5.93. The van der Waals surface area contributed by atoms with Crippen LogP contribution in [0.4, 0.5) is 0 Å². The average molecular weight is 485 g/mol. The number of amides is 1. The topological polar surface area (TPSA) is 59.8 Å². The Labute approximate surface area is 206 Å². The highest BCUT2D eigenvalue weighted by molar-refractivity contribution is 7.98. The molecular weight excluding hydrogens is 460 g/mol. The molecular formula is C27H24N4OS2. The number of nitrogens with zero attached hydrogens (tertiary/aromatic N) is 3. The van der Waals surface area contributed by atoms with Crippen LogP contribution < -0.4 is 5.32 Å². The van der Waals surface area contributed by atoms with Crippen LogP contribution in [0.1, 0.15) is 31.9 Å². The van der Waals surface area contributed by atoms with E-state index in [0.717, 1.165) is 32.5 Å². The molecule has 0 saturated carbocycles. The van der Waals surface area contributed by atoms with Crippen molar-refractivity contribution in [2.75, 3.05) is 0 Å². The Hall–Kier alpha value is -3.42. The van der Waals surface area contributed by atoms with E-state index in [1.807, 2.05) is 53.9 Å². The summed E-state index contributed by atoms with van der Waals surface area (Å²) in [6.45, 7) is 3.30. The van der Waals surface area contributed by atoms with Crippen LogP contribution in [0.15, 0.2) is 89.5 Å². The van der Waals surface area contributed by atoms with Gasteiger partial charge >= 0.3 is 0 Å². The van der Waals surface area contributed by atoms with Crippen molar-refractivity contribution in [2.24, 2.45) is 0 Å². The Kier molecular flexibility index (Phi) is 6.74. The zero-order valence-electron chi connectivity index (χ0n) is 18.8. The Morgan fingerprint density at radius 2 is 1.91 bits per heavy atom. The number of pyridine rings is 1. The smallest absolute Gasteiger partial charge is 0.251 e. The number of nitrogens with one attached hydrogen (secondary N) is 1. The zero-order valence-corrected chi connectivity index (χ0v) is 20.4. The van der Waals surface area contributed by atoms with Gasteiger partial charge in [0.2, 0.25) is 0 Å². The summed E-state index contributed by atoms with van der Waals surface area (Å²) < 4.78 is 2.15. The Morgan fingerprint density at radius 3 is 2.71 bits per heavy atom. The molecule has 0 aliphatic rings. The van der Waals surface area contributed by atoms with E-state index in [4.69, 9.17) is 4.98 Å². The van der Waals surface area contributed by atoms with Gasteiger partial charge < -0.3 is 5.32 Å². The van der Waals surface area contributed by atoms with Gasteiger partial charge in [0.15, 0.2) is 10.8 Å². The number of thioether (sulfide) groups is 1. The molecule has 5 nitrogen and oxygen atoms in total. The van der Waals surface area contributed by atoms with Gasteiger partial charge in [-0.2, -0.15) is 0 Å². The van der Waals surface area contributed by atoms with Crippen molar-refractivity contribution in [3.63, 3.8) is 0 Å². The monoisotopic (exact) mass is 484 g/mol. The summed E-state index contributed by atoms with van der Waals surface area (Å²) >= 11 is 3.35. The number of aryl methyl sites for hydroxylation is 1. The Balaban J connectivity index is 1.32. The first-order chi connectivity index (χ1) is 16.7. The van der Waals surface area contributed by atoms with E-state index in [1.165, 1.54) is 11.1 Å². The van der Waals surface area contributed by atoms with Crippen molar-refractivity contribution in [3.05, 3.63) is 112 Å². The zero-order chi connectivity index (χ0) is 23.3. The number of carbonyl (C=O) groups excluding carboxylic acids is 1. The highest BCUT2D eigenvalue weighted by Gasteiger charge is 2.14. The maximum absolute atomic E-state index is 12.5. The minimum atomic E-state index is -0.0657. The highest BCUT2D eigenvalue weighted by atomic mass is 32.2. The molecule has 0 fully saturated rings. The summed E-state index contributed by atoms with van der Waals surface area (Å²) in [7, 11) is 0. The van der Waals surface area contributed by atoms with Gasteiger partial charge in [-0.15, -0.1) is 11.3 Å². The lowest BCUT2D eigenvalue weighted by molar-refractivity contribution is 0.0951. The van der Waals surface area contributed by atoms with Crippen LogP contribution in [0.3, 0.4) is 0 Å². The number of carbonyl (C=O) groups is 1. The second-order valence-electron chi connectivity index (χ2n) is 8.06. The Bertz CT molecular complexity index is 1410. The first-order valence-electron chi connectivity index (χ1n) is 11.0. The van der Waals surface area contributed by atoms with Crippen molar-refractivity contribution in [1.82, 2.24) is 19.9 Å². The molecule has 170 valence electrons. The molecule has 5 aromatic rings. The van der Waals surface area contributed by atoms with Crippen molar-refractivity contribution in [2.45, 2.75) is 30.9 Å². The van der Waals surface area contributed by atoms with E-state index in [1.54, 1.807) is 29.3 Å². The predicted molar refractivity (Wildman–Crippen MR) is 139 cm³/mol. The lowest BCUT2D eigenvalue weighted by Gasteiger charge is -2.10. The van der Waals surface area contributed by atoms with Gasteiger partial charge in [-0.05, 0) is 53.8 Å². The standard InChI is InChI=1S/C27H24N4OS2/c1-19-5-2-6-21(15-19)18-34-27-30-24-8-3-13-28-25(24)31(27)17-20-9-11-22(12-10-20)26(32)29-16-23-7-4-14-33-23/h2-15H,16-18H2,1H3,(H,29,32). The average Bonchev–Trinajstić information content (AvgIpc) is 3.50. The van der Waals surface area contributed by atoms with Gasteiger partial charge in [0.1, 0.15) is 5.52 Å². The van der Waals surface area contributed by atoms with Crippen molar-refractivity contribution >= 4 is 40.2 Å². The number of hydrogen-bond acceptors (Lipinski definition) is 5. The second kappa shape index (κ2) is 10.2. The number of imidazole rings is 1. The molecule has 1 N–H and O–H groups in total. The molecule has 0 unspecified atom stereocenters. The molecule has 3 aromatic heterocycles. The maximum atomic E-state index is 12.5. The van der Waals surface area contributed by atoms with Crippen molar-refractivity contribution < 1.29 is 4.79 Å². The predicted octanol–water partition coefficient (Wildman–Crippen LogP) is 6.07. The summed E-state index contributed by atoms with van der Waals surface area (Å²) in [4.78, 5) is 23.1. The van der Waals surface area contributed by atoms with Crippen LogP contribution in [-0.4, -0.2) is 20.4 Å². The summed E-state index contributed by atoms with van der Waals surface area (Å²) in [6, 6.07) is 24.2. The van der Waals surface area contributed by atoms with Gasteiger partial charge in [0.25, 0.3) is 5.91 Å². The summed E-state index contributed by atoms with van der Waals surface area (Å²) in [5.41, 5.74) is 6.04. The SMILES string of the molecule is Cc1cccc(CSc2nc3cccnc3n2Cc2ccc(C(=O)NCc3cccs3)cc2)c1. The summed E-state index contributed by atoms with van der Waals surface area (Å²) in [5.74, 6) is 0.776. The van der Waals surface area contributed by atoms with Gasteiger partial charge in [0, 0.05) is 22.4 Å². The third kappa shape index (κ3) is 5.21. The van der Waals surface area contributed by atoms with Crippen LogP contribution in [-0.2, 0) is 18.8 Å². The van der Waals surface area contributed by atoms with E-state index in [-0.39, 0.29) is 5.91 Å². The van der Waals surface area contributed by atoms with Gasteiger partial charge in [-0.1, -0.05) is 59.8 Å². The summed E-state index contributed by atoms with van der Waals surface area (Å²) in [6.07, 6.45) is 1.80. The van der Waals surface area contributed by atoms with E-state index in [0.29, 0.717) is 18.7 Å². The molecule has 7 heteroatoms. The molecule has 0 aliphatic carbocycles. The Morgan fingerprint density at radius 1 is 1.03 bits per heavy atom. The molecule has 0 atom stereocenters. The molecule has 0 bridgehead atoms. The number of fused-ring (bicyclic) bond motifs is 1. The number of aromatic nitrogens is 3. The normalized spacial score (nSPS) is 11.1. The van der Waals surface area contributed by atoms with E-state index >= 15 is 0 Å². The minimum Gasteiger partial charge on any atom is -0.347 e. The lowest BCUT2D eigenvalue weighted by Crippen LogP contribution is -2.22. The van der Waals surface area contributed by atoms with E-state index < -0.39 is 0 Å². The number of rotatable bonds is 8. The molecule has 5 rings (SSSR count). The minimum absolute atomic E-state index is 0.0657. The third-order valence-electron chi connectivity index (χ3n) is 5.48. The first kappa shape index (κ1) is 22.4. The van der Waals surface area contributed by atoms with Crippen molar-refractivity contribution in [1.29, 1.82) is 0 Å². The molecule has 2 aromatic carbocycles. The molecule has 34 heavy (non-hydrogen) atoms. The number of hydrogen-bond donors (Lipinski definition) is 1. The molecule has 1 amide bonds. The van der Waals surface area contributed by atoms with Crippen LogP contribution in [0.2, 0.25) is 0 Å². The molecule has 3 heterocycles. The lowest BCUT2D eigenvalue weighted by atomic mass is 10.1. The van der Waals surface area contributed by atoms with Crippen LogP contribution in [0.5, 0.6) is 0 Å². The first-order valence-corrected chi connectivity index (χ1v) is 12.9. The molecule has 0 radical (unpaired) electrons. The fraction of sp³-hybridized carbons (Fsp3) is 0.148. The van der Waals surface area contributed by atoms with Gasteiger partial charge in [0.05, 0.1) is 13.1 Å². The quantitative estimate of drug-likeness (QED) is 0.272. The molecule has 0 spiro atoms. The molecule has 0 aliphatic heterocycles. The highest BCUT2D eigenvalue weighted by Crippen LogP contribution is 2.27. The van der Waals surface area contributed by atoms with Gasteiger partial charge in [-0.3, -0.25) is 9.36 Å². The number of benzene rings is 2. The fourth-order valence-electron chi connectivity index (χ4n) is 3.77. The fourth-order valence-corrected chi connectivity index (χ4v) is 5.36. The maximum Gasteiger partial charge on any atom is 0.251 e. The van der Waals surface area contributed by atoms with Gasteiger partial charge in [-0.25, -0.2) is 9.97 Å². The van der Waals surface area contributed by atoms with E-state index in [2.05, 4.69) is 46.1 Å².